The van der Waals surface area contributed by atoms with Crippen LogP contribution < -0.4 is 9.47 Å². The number of hydrogen-bond acceptors (Lipinski definition) is 2. The molecule has 0 heterocycles. The third kappa shape index (κ3) is 6.11. The molecule has 0 bridgehead atoms. The van der Waals surface area contributed by atoms with Crippen LogP contribution in [0.25, 0.3) is 0 Å². The van der Waals surface area contributed by atoms with Crippen LogP contribution in [0.4, 0.5) is 0 Å². The third-order valence-corrected chi connectivity index (χ3v) is 3.62. The van der Waals surface area contributed by atoms with Gasteiger partial charge in [0.05, 0.1) is 13.2 Å². The molecule has 0 amide bonds. The molecule has 2 nitrogen and oxygen atoms in total. The molecule has 0 aliphatic carbocycles. The molecule has 2 aromatic rings. The molecule has 24 heavy (non-hydrogen) atoms. The van der Waals surface area contributed by atoms with E-state index >= 15 is 0 Å². The Labute approximate surface area is 144 Å². The summed E-state index contributed by atoms with van der Waals surface area (Å²) in [6, 6.07) is 15.2. The van der Waals surface area contributed by atoms with Crippen molar-refractivity contribution in [1.82, 2.24) is 0 Å². The highest BCUT2D eigenvalue weighted by Gasteiger charge is 1.96. The summed E-state index contributed by atoms with van der Waals surface area (Å²) < 4.78 is 11.4. The van der Waals surface area contributed by atoms with E-state index in [0.29, 0.717) is 0 Å². The predicted molar refractivity (Wildman–Crippen MR) is 98.2 cm³/mol. The van der Waals surface area contributed by atoms with Crippen LogP contribution in [0.2, 0.25) is 0 Å². The van der Waals surface area contributed by atoms with Gasteiger partial charge in [-0.2, -0.15) is 0 Å². The van der Waals surface area contributed by atoms with E-state index in [1.807, 2.05) is 48.5 Å². The number of terminal acetylenes is 2. The second-order valence-corrected chi connectivity index (χ2v) is 5.45. The van der Waals surface area contributed by atoms with Gasteiger partial charge in [-0.1, -0.05) is 11.8 Å². The molecule has 0 radical (unpaired) electrons. The fourth-order valence-corrected chi connectivity index (χ4v) is 2.23. The van der Waals surface area contributed by atoms with Crippen LogP contribution in [-0.2, 0) is 0 Å². The minimum atomic E-state index is 0.726. The quantitative estimate of drug-likeness (QED) is 0.494. The maximum Gasteiger partial charge on any atom is 0.119 e. The minimum Gasteiger partial charge on any atom is -0.494 e. The first-order valence-electron chi connectivity index (χ1n) is 8.21. The molecular formula is C22H22O2. The second-order valence-electron chi connectivity index (χ2n) is 5.45. The molecule has 0 fully saturated rings. The lowest BCUT2D eigenvalue weighted by molar-refractivity contribution is 0.287. The molecule has 0 atom stereocenters. The molecule has 0 aromatic heterocycles. The minimum absolute atomic E-state index is 0.726. The summed E-state index contributed by atoms with van der Waals surface area (Å²) in [5.74, 6) is 6.92. The van der Waals surface area contributed by atoms with Gasteiger partial charge in [0.25, 0.3) is 0 Å². The lowest BCUT2D eigenvalue weighted by Gasteiger charge is -2.07. The maximum absolute atomic E-state index is 5.69. The van der Waals surface area contributed by atoms with Crippen molar-refractivity contribution in [3.8, 4) is 36.2 Å². The Bertz CT molecular complexity index is 621. The zero-order chi connectivity index (χ0) is 17.0. The SMILES string of the molecule is C#Cc1ccc(OCCCCCCOc2ccc(C#C)cc2)cc1. The Balaban J connectivity index is 1.50. The Morgan fingerprint density at radius 1 is 0.583 bits per heavy atom. The van der Waals surface area contributed by atoms with Gasteiger partial charge in [-0.05, 0) is 74.2 Å². The molecule has 2 aromatic carbocycles. The van der Waals surface area contributed by atoms with E-state index in [9.17, 15) is 0 Å². The summed E-state index contributed by atoms with van der Waals surface area (Å²) in [7, 11) is 0. The monoisotopic (exact) mass is 318 g/mol. The van der Waals surface area contributed by atoms with E-state index in [4.69, 9.17) is 22.3 Å². The Morgan fingerprint density at radius 2 is 0.958 bits per heavy atom. The van der Waals surface area contributed by atoms with E-state index in [0.717, 1.165) is 61.5 Å². The summed E-state index contributed by atoms with van der Waals surface area (Å²) in [5, 5.41) is 0. The predicted octanol–water partition coefficient (Wildman–Crippen LogP) is 4.67. The van der Waals surface area contributed by atoms with Crippen LogP contribution in [-0.4, -0.2) is 13.2 Å². The summed E-state index contributed by atoms with van der Waals surface area (Å²) in [5.41, 5.74) is 1.74. The fourth-order valence-electron chi connectivity index (χ4n) is 2.23. The van der Waals surface area contributed by atoms with Crippen LogP contribution in [0.15, 0.2) is 48.5 Å². The van der Waals surface area contributed by atoms with E-state index < -0.39 is 0 Å². The fraction of sp³-hybridized carbons (Fsp3) is 0.273. The molecule has 2 heteroatoms. The lowest BCUT2D eigenvalue weighted by atomic mass is 10.2. The van der Waals surface area contributed by atoms with E-state index in [1.54, 1.807) is 0 Å². The number of benzene rings is 2. The highest BCUT2D eigenvalue weighted by Crippen LogP contribution is 2.14. The summed E-state index contributed by atoms with van der Waals surface area (Å²) >= 11 is 0. The molecule has 0 aliphatic heterocycles. The lowest BCUT2D eigenvalue weighted by Crippen LogP contribution is -2.00. The van der Waals surface area contributed by atoms with Crippen molar-refractivity contribution in [2.24, 2.45) is 0 Å². The van der Waals surface area contributed by atoms with Crippen LogP contribution in [0.3, 0.4) is 0 Å². The highest BCUT2D eigenvalue weighted by molar-refractivity contribution is 5.37. The molecule has 122 valence electrons. The van der Waals surface area contributed by atoms with Crippen molar-refractivity contribution in [2.75, 3.05) is 13.2 Å². The average Bonchev–Trinajstić information content (AvgIpc) is 2.65. The van der Waals surface area contributed by atoms with Crippen molar-refractivity contribution in [3.05, 3.63) is 59.7 Å². The van der Waals surface area contributed by atoms with Crippen molar-refractivity contribution < 1.29 is 9.47 Å². The van der Waals surface area contributed by atoms with Gasteiger partial charge in [-0.3, -0.25) is 0 Å². The summed E-state index contributed by atoms with van der Waals surface area (Å²) in [4.78, 5) is 0. The van der Waals surface area contributed by atoms with Gasteiger partial charge in [-0.25, -0.2) is 0 Å². The normalized spacial score (nSPS) is 9.75. The van der Waals surface area contributed by atoms with Gasteiger partial charge in [-0.15, -0.1) is 12.8 Å². The standard InChI is InChI=1S/C22H22O2/c1-3-19-9-13-21(14-10-19)23-17-7-5-6-8-18-24-22-15-11-20(4-2)12-16-22/h1-2,9-16H,5-8,17-18H2. The first kappa shape index (κ1) is 17.5. The number of rotatable bonds is 9. The summed E-state index contributed by atoms with van der Waals surface area (Å²) in [6.07, 6.45) is 15.0. The Kier molecular flexibility index (Phi) is 7.32. The van der Waals surface area contributed by atoms with E-state index in [1.165, 1.54) is 0 Å². The van der Waals surface area contributed by atoms with Gasteiger partial charge in [0.2, 0.25) is 0 Å². The first-order chi connectivity index (χ1) is 11.8. The topological polar surface area (TPSA) is 18.5 Å². The molecule has 0 spiro atoms. The van der Waals surface area contributed by atoms with E-state index in [-0.39, 0.29) is 0 Å². The third-order valence-electron chi connectivity index (χ3n) is 3.62. The van der Waals surface area contributed by atoms with Crippen molar-refractivity contribution in [2.45, 2.75) is 25.7 Å². The van der Waals surface area contributed by atoms with Crippen molar-refractivity contribution >= 4 is 0 Å². The Morgan fingerprint density at radius 3 is 1.29 bits per heavy atom. The van der Waals surface area contributed by atoms with Crippen molar-refractivity contribution in [1.29, 1.82) is 0 Å². The van der Waals surface area contributed by atoms with Crippen LogP contribution in [0.1, 0.15) is 36.8 Å². The number of hydrogen-bond donors (Lipinski definition) is 0. The van der Waals surface area contributed by atoms with Crippen LogP contribution in [0, 0.1) is 24.7 Å². The molecular weight excluding hydrogens is 296 g/mol. The number of ether oxygens (including phenoxy) is 2. The van der Waals surface area contributed by atoms with Gasteiger partial charge in [0.15, 0.2) is 0 Å². The molecule has 0 aliphatic rings. The smallest absolute Gasteiger partial charge is 0.119 e. The molecule has 0 N–H and O–H groups in total. The summed E-state index contributed by atoms with van der Waals surface area (Å²) in [6.45, 7) is 1.45. The molecule has 0 unspecified atom stereocenters. The maximum atomic E-state index is 5.69. The second kappa shape index (κ2) is 10.0. The van der Waals surface area contributed by atoms with Crippen LogP contribution >= 0.6 is 0 Å². The van der Waals surface area contributed by atoms with Gasteiger partial charge >= 0.3 is 0 Å². The number of unbranched alkanes of at least 4 members (excludes halogenated alkanes) is 3. The van der Waals surface area contributed by atoms with Gasteiger partial charge in [0.1, 0.15) is 11.5 Å². The van der Waals surface area contributed by atoms with Gasteiger partial charge in [0, 0.05) is 11.1 Å². The zero-order valence-electron chi connectivity index (χ0n) is 13.8. The molecule has 2 rings (SSSR count). The van der Waals surface area contributed by atoms with Crippen molar-refractivity contribution in [3.63, 3.8) is 0 Å². The first-order valence-corrected chi connectivity index (χ1v) is 8.21. The molecule has 0 saturated carbocycles. The average molecular weight is 318 g/mol. The molecule has 0 saturated heterocycles. The van der Waals surface area contributed by atoms with E-state index in [2.05, 4.69) is 11.8 Å². The zero-order valence-corrected chi connectivity index (χ0v) is 13.8. The van der Waals surface area contributed by atoms with Crippen LogP contribution in [0.5, 0.6) is 11.5 Å². The van der Waals surface area contributed by atoms with Gasteiger partial charge < -0.3 is 9.47 Å². The Hall–Kier alpha value is -2.84. The highest BCUT2D eigenvalue weighted by atomic mass is 16.5. The largest absolute Gasteiger partial charge is 0.494 e.